The molecule has 1 aliphatic carbocycles. The molecule has 1 aliphatic rings. The first-order valence-corrected chi connectivity index (χ1v) is 9.38. The van der Waals surface area contributed by atoms with Gasteiger partial charge in [0.1, 0.15) is 0 Å². The molecule has 0 aliphatic heterocycles. The maximum atomic E-state index is 12.4. The lowest BCUT2D eigenvalue weighted by atomic mass is 9.89. The molecule has 138 valence electrons. The number of hydrogen-bond acceptors (Lipinski definition) is 3. The maximum Gasteiger partial charge on any atom is 0.258 e. The second-order valence-corrected chi connectivity index (χ2v) is 6.70. The summed E-state index contributed by atoms with van der Waals surface area (Å²) in [5.41, 5.74) is 4.08. The highest BCUT2D eigenvalue weighted by molar-refractivity contribution is 5.78. The van der Waals surface area contributed by atoms with E-state index in [9.17, 15) is 4.79 Å². The molecule has 0 saturated carbocycles. The van der Waals surface area contributed by atoms with Crippen LogP contribution in [0.15, 0.2) is 42.5 Å². The standard InChI is InChI=1S/C22H27NO3/c1-3-19(18-13-12-16-8-4-5-9-17(16)14-18)23-22(24)15-26-21-11-7-6-10-20(21)25-2/h6-7,10-14,19H,3-5,8-9,15H2,1-2H3,(H,23,24). The SMILES string of the molecule is CCC(NC(=O)COc1ccccc1OC)c1ccc2c(c1)CCCC2. The van der Waals surface area contributed by atoms with Crippen LogP contribution in [0.25, 0.3) is 0 Å². The Hall–Kier alpha value is -2.49. The minimum atomic E-state index is -0.125. The van der Waals surface area contributed by atoms with Gasteiger partial charge < -0.3 is 14.8 Å². The fourth-order valence-corrected chi connectivity index (χ4v) is 3.51. The number of hydrogen-bond donors (Lipinski definition) is 1. The third-order valence-corrected chi connectivity index (χ3v) is 4.95. The number of nitrogens with one attached hydrogen (secondary N) is 1. The highest BCUT2D eigenvalue weighted by Crippen LogP contribution is 2.27. The fraction of sp³-hybridized carbons (Fsp3) is 0.409. The maximum absolute atomic E-state index is 12.4. The van der Waals surface area contributed by atoms with Crippen LogP contribution in [0.3, 0.4) is 0 Å². The van der Waals surface area contributed by atoms with Gasteiger partial charge >= 0.3 is 0 Å². The summed E-state index contributed by atoms with van der Waals surface area (Å²) in [7, 11) is 1.59. The molecular formula is C22H27NO3. The van der Waals surface area contributed by atoms with Crippen molar-refractivity contribution >= 4 is 5.91 Å². The normalized spacial score (nSPS) is 14.2. The van der Waals surface area contributed by atoms with Crippen molar-refractivity contribution in [2.24, 2.45) is 0 Å². The van der Waals surface area contributed by atoms with Crippen LogP contribution >= 0.6 is 0 Å². The molecular weight excluding hydrogens is 326 g/mol. The molecule has 2 aromatic carbocycles. The number of amides is 1. The summed E-state index contributed by atoms with van der Waals surface area (Å²) in [6.07, 6.45) is 5.70. The highest BCUT2D eigenvalue weighted by atomic mass is 16.5. The van der Waals surface area contributed by atoms with Crippen molar-refractivity contribution in [2.75, 3.05) is 13.7 Å². The van der Waals surface area contributed by atoms with Crippen molar-refractivity contribution in [3.8, 4) is 11.5 Å². The lowest BCUT2D eigenvalue weighted by Crippen LogP contribution is -2.32. The first-order chi connectivity index (χ1) is 12.7. The highest BCUT2D eigenvalue weighted by Gasteiger charge is 2.17. The molecule has 0 fully saturated rings. The van der Waals surface area contributed by atoms with E-state index >= 15 is 0 Å². The summed E-state index contributed by atoms with van der Waals surface area (Å²) in [5.74, 6) is 1.08. The molecule has 0 heterocycles. The molecule has 0 spiro atoms. The van der Waals surface area contributed by atoms with Crippen LogP contribution in [-0.2, 0) is 17.6 Å². The molecule has 1 amide bonds. The predicted octanol–water partition coefficient (Wildman–Crippen LogP) is 4.22. The number of methoxy groups -OCH3 is 1. The van der Waals surface area contributed by atoms with Crippen molar-refractivity contribution in [3.05, 3.63) is 59.2 Å². The molecule has 4 heteroatoms. The quantitative estimate of drug-likeness (QED) is 0.811. The molecule has 0 saturated heterocycles. The largest absolute Gasteiger partial charge is 0.493 e. The number of carbonyl (C=O) groups is 1. The molecule has 1 atom stereocenters. The van der Waals surface area contributed by atoms with Crippen LogP contribution in [0, 0.1) is 0 Å². The Morgan fingerprint density at radius 2 is 1.81 bits per heavy atom. The van der Waals surface area contributed by atoms with Crippen molar-refractivity contribution in [2.45, 2.75) is 45.1 Å². The minimum absolute atomic E-state index is 0.0102. The number of para-hydroxylation sites is 2. The number of benzene rings is 2. The van der Waals surface area contributed by atoms with Gasteiger partial charge in [0.2, 0.25) is 0 Å². The summed E-state index contributed by atoms with van der Waals surface area (Å²) in [4.78, 5) is 12.4. The van der Waals surface area contributed by atoms with Crippen LogP contribution in [0.4, 0.5) is 0 Å². The zero-order chi connectivity index (χ0) is 18.4. The summed E-state index contributed by atoms with van der Waals surface area (Å²) in [6, 6.07) is 14.0. The topological polar surface area (TPSA) is 47.6 Å². The number of aryl methyl sites for hydroxylation is 2. The average molecular weight is 353 g/mol. The van der Waals surface area contributed by atoms with E-state index in [2.05, 4.69) is 30.4 Å². The van der Waals surface area contributed by atoms with E-state index < -0.39 is 0 Å². The Morgan fingerprint density at radius 3 is 2.54 bits per heavy atom. The number of fused-ring (bicyclic) bond motifs is 1. The van der Waals surface area contributed by atoms with E-state index in [0.717, 1.165) is 12.8 Å². The van der Waals surface area contributed by atoms with Gasteiger partial charge in [-0.3, -0.25) is 4.79 Å². The van der Waals surface area contributed by atoms with Gasteiger partial charge in [0.05, 0.1) is 13.2 Å². The average Bonchev–Trinajstić information content (AvgIpc) is 2.70. The molecule has 3 rings (SSSR count). The van der Waals surface area contributed by atoms with Gasteiger partial charge in [-0.1, -0.05) is 37.3 Å². The van der Waals surface area contributed by atoms with Crippen molar-refractivity contribution in [1.29, 1.82) is 0 Å². The van der Waals surface area contributed by atoms with E-state index in [-0.39, 0.29) is 18.6 Å². The lowest BCUT2D eigenvalue weighted by Gasteiger charge is -2.22. The van der Waals surface area contributed by atoms with Crippen LogP contribution in [-0.4, -0.2) is 19.6 Å². The van der Waals surface area contributed by atoms with Gasteiger partial charge in [0, 0.05) is 0 Å². The smallest absolute Gasteiger partial charge is 0.258 e. The molecule has 0 bridgehead atoms. The van der Waals surface area contributed by atoms with Crippen molar-refractivity contribution in [3.63, 3.8) is 0 Å². The van der Waals surface area contributed by atoms with E-state index in [1.165, 1.54) is 36.0 Å². The van der Waals surface area contributed by atoms with Crippen LogP contribution < -0.4 is 14.8 Å². The first-order valence-electron chi connectivity index (χ1n) is 9.38. The Labute approximate surface area is 155 Å². The Balaban J connectivity index is 1.61. The second-order valence-electron chi connectivity index (χ2n) is 6.70. The minimum Gasteiger partial charge on any atom is -0.493 e. The van der Waals surface area contributed by atoms with Gasteiger partial charge in [-0.25, -0.2) is 0 Å². The van der Waals surface area contributed by atoms with Gasteiger partial charge in [0.15, 0.2) is 18.1 Å². The van der Waals surface area contributed by atoms with Gasteiger partial charge in [-0.2, -0.15) is 0 Å². The van der Waals surface area contributed by atoms with E-state index in [4.69, 9.17) is 9.47 Å². The van der Waals surface area contributed by atoms with Crippen LogP contribution in [0.5, 0.6) is 11.5 Å². The summed E-state index contributed by atoms with van der Waals surface area (Å²) < 4.78 is 10.9. The predicted molar refractivity (Wildman–Crippen MR) is 103 cm³/mol. The zero-order valence-corrected chi connectivity index (χ0v) is 15.6. The van der Waals surface area contributed by atoms with Gasteiger partial charge in [-0.05, 0) is 60.9 Å². The third-order valence-electron chi connectivity index (χ3n) is 4.95. The van der Waals surface area contributed by atoms with Crippen molar-refractivity contribution in [1.82, 2.24) is 5.32 Å². The van der Waals surface area contributed by atoms with Crippen molar-refractivity contribution < 1.29 is 14.3 Å². The second kappa shape index (κ2) is 8.75. The molecule has 1 unspecified atom stereocenters. The molecule has 1 N–H and O–H groups in total. The summed E-state index contributed by atoms with van der Waals surface area (Å²) in [5, 5.41) is 3.09. The molecule has 26 heavy (non-hydrogen) atoms. The molecule has 0 radical (unpaired) electrons. The van der Waals surface area contributed by atoms with E-state index in [0.29, 0.717) is 11.5 Å². The Morgan fingerprint density at radius 1 is 1.08 bits per heavy atom. The zero-order valence-electron chi connectivity index (χ0n) is 15.6. The molecule has 0 aromatic heterocycles. The monoisotopic (exact) mass is 353 g/mol. The summed E-state index contributed by atoms with van der Waals surface area (Å²) in [6.45, 7) is 2.06. The molecule has 4 nitrogen and oxygen atoms in total. The molecule has 2 aromatic rings. The number of rotatable bonds is 7. The van der Waals surface area contributed by atoms with Gasteiger partial charge in [-0.15, -0.1) is 0 Å². The lowest BCUT2D eigenvalue weighted by molar-refractivity contribution is -0.123. The van der Waals surface area contributed by atoms with Crippen LogP contribution in [0.1, 0.15) is 48.9 Å². The Bertz CT molecular complexity index is 757. The first kappa shape index (κ1) is 18.3. The van der Waals surface area contributed by atoms with Crippen LogP contribution in [0.2, 0.25) is 0 Å². The van der Waals surface area contributed by atoms with E-state index in [1.807, 2.05) is 18.2 Å². The third kappa shape index (κ3) is 4.37. The fourth-order valence-electron chi connectivity index (χ4n) is 3.51. The number of carbonyl (C=O) groups excluding carboxylic acids is 1. The Kier molecular flexibility index (Phi) is 6.16. The summed E-state index contributed by atoms with van der Waals surface area (Å²) >= 11 is 0. The van der Waals surface area contributed by atoms with Gasteiger partial charge in [0.25, 0.3) is 5.91 Å². The number of ether oxygens (including phenoxy) is 2. The van der Waals surface area contributed by atoms with E-state index in [1.54, 1.807) is 13.2 Å².